The Labute approximate surface area is 90.5 Å². The summed E-state index contributed by atoms with van der Waals surface area (Å²) in [5.41, 5.74) is 0.447. The highest BCUT2D eigenvalue weighted by molar-refractivity contribution is 5.03. The van der Waals surface area contributed by atoms with Crippen LogP contribution in [-0.4, -0.2) is 17.7 Å². The zero-order valence-electron chi connectivity index (χ0n) is 9.36. The van der Waals surface area contributed by atoms with E-state index < -0.39 is 6.10 Å². The first-order valence-electron chi connectivity index (χ1n) is 5.57. The predicted molar refractivity (Wildman–Crippen MR) is 58.5 cm³/mol. The molecule has 0 radical (unpaired) electrons. The molecule has 0 aromatic carbocycles. The molecule has 1 fully saturated rings. The lowest BCUT2D eigenvalue weighted by atomic mass is 10.0. The Morgan fingerprint density at radius 3 is 2.87 bits per heavy atom. The zero-order chi connectivity index (χ0) is 10.9. The summed E-state index contributed by atoms with van der Waals surface area (Å²) in [6, 6.07) is 4.06. The van der Waals surface area contributed by atoms with Gasteiger partial charge in [-0.15, -0.1) is 0 Å². The van der Waals surface area contributed by atoms with E-state index in [1.807, 2.05) is 0 Å². The Bertz CT molecular complexity index is 303. The van der Waals surface area contributed by atoms with E-state index in [2.05, 4.69) is 19.2 Å². The van der Waals surface area contributed by atoms with Crippen LogP contribution < -0.4 is 5.32 Å². The Morgan fingerprint density at radius 1 is 1.60 bits per heavy atom. The zero-order valence-corrected chi connectivity index (χ0v) is 9.36. The summed E-state index contributed by atoms with van der Waals surface area (Å²) in [7, 11) is 0. The number of nitrogens with one attached hydrogen (secondary N) is 1. The van der Waals surface area contributed by atoms with Crippen LogP contribution in [0.3, 0.4) is 0 Å². The largest absolute Gasteiger partial charge is 0.467 e. The van der Waals surface area contributed by atoms with E-state index in [1.54, 1.807) is 18.4 Å². The summed E-state index contributed by atoms with van der Waals surface area (Å²) < 4.78 is 5.14. The Balaban J connectivity index is 1.78. The molecular weight excluding hydrogens is 190 g/mol. The molecule has 0 bridgehead atoms. The van der Waals surface area contributed by atoms with Gasteiger partial charge in [-0.1, -0.05) is 6.92 Å². The van der Waals surface area contributed by atoms with Crippen LogP contribution in [0.2, 0.25) is 0 Å². The molecule has 3 nitrogen and oxygen atoms in total. The fraction of sp³-hybridized carbons (Fsp3) is 0.667. The molecular formula is C12H19NO2. The SMILES string of the molecule is CC(NCC(O)c1ccco1)C1(C)CC1. The summed E-state index contributed by atoms with van der Waals surface area (Å²) >= 11 is 0. The molecule has 84 valence electrons. The van der Waals surface area contributed by atoms with E-state index in [4.69, 9.17) is 4.42 Å². The van der Waals surface area contributed by atoms with Crippen molar-refractivity contribution < 1.29 is 9.52 Å². The third kappa shape index (κ3) is 2.41. The molecule has 0 amide bonds. The average molecular weight is 209 g/mol. The maximum atomic E-state index is 9.79. The van der Waals surface area contributed by atoms with Gasteiger partial charge in [0.1, 0.15) is 11.9 Å². The monoisotopic (exact) mass is 209 g/mol. The molecule has 2 unspecified atom stereocenters. The first-order chi connectivity index (χ1) is 7.12. The number of aliphatic hydroxyl groups is 1. The van der Waals surface area contributed by atoms with E-state index in [1.165, 1.54) is 12.8 Å². The topological polar surface area (TPSA) is 45.4 Å². The number of rotatable bonds is 5. The van der Waals surface area contributed by atoms with Crippen molar-refractivity contribution in [2.75, 3.05) is 6.54 Å². The van der Waals surface area contributed by atoms with Crippen LogP contribution in [0.15, 0.2) is 22.8 Å². The van der Waals surface area contributed by atoms with Gasteiger partial charge in [-0.25, -0.2) is 0 Å². The highest BCUT2D eigenvalue weighted by Gasteiger charge is 2.42. The summed E-state index contributed by atoms with van der Waals surface area (Å²) in [5, 5.41) is 13.2. The smallest absolute Gasteiger partial charge is 0.133 e. The normalized spacial score (nSPS) is 22.3. The van der Waals surface area contributed by atoms with E-state index >= 15 is 0 Å². The van der Waals surface area contributed by atoms with E-state index in [-0.39, 0.29) is 0 Å². The van der Waals surface area contributed by atoms with Crippen LogP contribution in [0.1, 0.15) is 38.6 Å². The maximum Gasteiger partial charge on any atom is 0.133 e. The lowest BCUT2D eigenvalue weighted by Gasteiger charge is -2.21. The van der Waals surface area contributed by atoms with Crippen LogP contribution in [-0.2, 0) is 0 Å². The molecule has 1 aromatic heterocycles. The lowest BCUT2D eigenvalue weighted by Crippen LogP contribution is -2.36. The fourth-order valence-electron chi connectivity index (χ4n) is 1.75. The number of hydrogen-bond donors (Lipinski definition) is 2. The summed E-state index contributed by atoms with van der Waals surface area (Å²) in [6.45, 7) is 5.02. The Morgan fingerprint density at radius 2 is 2.33 bits per heavy atom. The van der Waals surface area contributed by atoms with Gasteiger partial charge in [-0.05, 0) is 37.3 Å². The van der Waals surface area contributed by atoms with Gasteiger partial charge in [-0.3, -0.25) is 0 Å². The molecule has 3 heteroatoms. The highest BCUT2D eigenvalue weighted by Crippen LogP contribution is 2.47. The van der Waals surface area contributed by atoms with Crippen LogP contribution in [0, 0.1) is 5.41 Å². The van der Waals surface area contributed by atoms with Crippen LogP contribution in [0.5, 0.6) is 0 Å². The molecule has 2 atom stereocenters. The molecule has 0 saturated heterocycles. The minimum atomic E-state index is -0.537. The summed E-state index contributed by atoms with van der Waals surface area (Å²) in [6.07, 6.45) is 3.63. The molecule has 1 aromatic rings. The van der Waals surface area contributed by atoms with Crippen molar-refractivity contribution in [3.63, 3.8) is 0 Å². The van der Waals surface area contributed by atoms with Crippen molar-refractivity contribution in [2.24, 2.45) is 5.41 Å². The highest BCUT2D eigenvalue weighted by atomic mass is 16.4. The van der Waals surface area contributed by atoms with Gasteiger partial charge in [0.2, 0.25) is 0 Å². The van der Waals surface area contributed by atoms with E-state index in [9.17, 15) is 5.11 Å². The van der Waals surface area contributed by atoms with Crippen molar-refractivity contribution >= 4 is 0 Å². The average Bonchev–Trinajstić information content (AvgIpc) is 2.79. The lowest BCUT2D eigenvalue weighted by molar-refractivity contribution is 0.139. The molecule has 1 saturated carbocycles. The van der Waals surface area contributed by atoms with E-state index in [0.717, 1.165) is 0 Å². The van der Waals surface area contributed by atoms with Gasteiger partial charge in [0.15, 0.2) is 0 Å². The van der Waals surface area contributed by atoms with E-state index in [0.29, 0.717) is 23.8 Å². The van der Waals surface area contributed by atoms with Gasteiger partial charge >= 0.3 is 0 Å². The van der Waals surface area contributed by atoms with Gasteiger partial charge in [0.05, 0.1) is 6.26 Å². The second kappa shape index (κ2) is 3.99. The summed E-state index contributed by atoms with van der Waals surface area (Å²) in [5.74, 6) is 0.635. The fourth-order valence-corrected chi connectivity index (χ4v) is 1.75. The quantitative estimate of drug-likeness (QED) is 0.780. The third-order valence-corrected chi connectivity index (χ3v) is 3.57. The molecule has 2 rings (SSSR count). The predicted octanol–water partition coefficient (Wildman–Crippen LogP) is 2.09. The molecule has 15 heavy (non-hydrogen) atoms. The van der Waals surface area contributed by atoms with Crippen LogP contribution >= 0.6 is 0 Å². The Kier molecular flexibility index (Phi) is 2.85. The molecule has 2 N–H and O–H groups in total. The number of hydrogen-bond acceptors (Lipinski definition) is 3. The molecule has 0 spiro atoms. The minimum absolute atomic E-state index is 0.447. The van der Waals surface area contributed by atoms with Gasteiger partial charge in [0.25, 0.3) is 0 Å². The first-order valence-corrected chi connectivity index (χ1v) is 5.57. The second-order valence-electron chi connectivity index (χ2n) is 4.82. The van der Waals surface area contributed by atoms with Gasteiger partial charge < -0.3 is 14.8 Å². The molecule has 1 aliphatic rings. The van der Waals surface area contributed by atoms with Crippen molar-refractivity contribution in [1.82, 2.24) is 5.32 Å². The Hall–Kier alpha value is -0.800. The molecule has 1 aliphatic carbocycles. The van der Waals surface area contributed by atoms with Crippen molar-refractivity contribution in [2.45, 2.75) is 38.8 Å². The first kappa shape index (κ1) is 10.7. The van der Waals surface area contributed by atoms with Crippen molar-refractivity contribution in [3.05, 3.63) is 24.2 Å². The second-order valence-corrected chi connectivity index (χ2v) is 4.82. The standard InChI is InChI=1S/C12H19NO2/c1-9(12(2)5-6-12)13-8-10(14)11-4-3-7-15-11/h3-4,7,9-10,13-14H,5-6,8H2,1-2H3. The van der Waals surface area contributed by atoms with Gasteiger partial charge in [0, 0.05) is 12.6 Å². The summed E-state index contributed by atoms with van der Waals surface area (Å²) in [4.78, 5) is 0. The molecule has 0 aliphatic heterocycles. The number of furan rings is 1. The van der Waals surface area contributed by atoms with Gasteiger partial charge in [-0.2, -0.15) is 0 Å². The van der Waals surface area contributed by atoms with Crippen molar-refractivity contribution in [3.8, 4) is 0 Å². The molecule has 1 heterocycles. The number of aliphatic hydroxyl groups excluding tert-OH is 1. The van der Waals surface area contributed by atoms with Crippen LogP contribution in [0.25, 0.3) is 0 Å². The maximum absolute atomic E-state index is 9.79. The minimum Gasteiger partial charge on any atom is -0.467 e. The van der Waals surface area contributed by atoms with Crippen molar-refractivity contribution in [1.29, 1.82) is 0 Å². The van der Waals surface area contributed by atoms with Crippen LogP contribution in [0.4, 0.5) is 0 Å². The third-order valence-electron chi connectivity index (χ3n) is 3.57.